The van der Waals surface area contributed by atoms with Crippen LogP contribution in [0.25, 0.3) is 21.8 Å². The summed E-state index contributed by atoms with van der Waals surface area (Å²) in [5.74, 6) is -0.540. The lowest BCUT2D eigenvalue weighted by molar-refractivity contribution is 0.100. The summed E-state index contributed by atoms with van der Waals surface area (Å²) in [4.78, 5) is 16.6. The van der Waals surface area contributed by atoms with E-state index in [2.05, 4.69) is 15.0 Å². The first-order chi connectivity index (χ1) is 14.2. The number of nitrogens with two attached hydrogens (primary N) is 1. The average molecular weight is 420 g/mol. The highest BCUT2D eigenvalue weighted by molar-refractivity contribution is 7.92. The predicted molar refractivity (Wildman–Crippen MR) is 121 cm³/mol. The number of hydrogen-bond acceptors (Lipinski definition) is 5. The molecule has 0 radical (unpaired) electrons. The molecule has 0 saturated heterocycles. The zero-order chi connectivity index (χ0) is 21.5. The van der Waals surface area contributed by atoms with Crippen molar-refractivity contribution < 1.29 is 13.2 Å². The molecule has 3 aromatic carbocycles. The number of primary amides is 1. The van der Waals surface area contributed by atoms with Crippen LogP contribution in [0, 0.1) is 6.92 Å². The van der Waals surface area contributed by atoms with Crippen LogP contribution in [0.1, 0.15) is 15.9 Å². The fourth-order valence-corrected chi connectivity index (χ4v) is 4.02. The van der Waals surface area contributed by atoms with Gasteiger partial charge in [0.05, 0.1) is 28.5 Å². The number of rotatable bonds is 5. The summed E-state index contributed by atoms with van der Waals surface area (Å²) in [6.45, 7) is 1.89. The molecule has 0 atom stereocenters. The second-order valence-electron chi connectivity index (χ2n) is 7.10. The van der Waals surface area contributed by atoms with Crippen LogP contribution in [0.5, 0.6) is 0 Å². The monoisotopic (exact) mass is 420 g/mol. The second kappa shape index (κ2) is 7.31. The Kier molecular flexibility index (Phi) is 4.79. The van der Waals surface area contributed by atoms with E-state index in [1.54, 1.807) is 24.3 Å². The summed E-state index contributed by atoms with van der Waals surface area (Å²) in [5.41, 5.74) is 10.1. The Morgan fingerprint density at radius 1 is 1.00 bits per heavy atom. The Morgan fingerprint density at radius 3 is 2.43 bits per heavy atom. The summed E-state index contributed by atoms with van der Waals surface area (Å²) in [7, 11) is -3.36. The molecule has 30 heavy (non-hydrogen) atoms. The molecule has 0 aliphatic carbocycles. The minimum Gasteiger partial charge on any atom is -0.366 e. The maximum Gasteiger partial charge on any atom is 0.250 e. The molecular weight excluding hydrogens is 400 g/mol. The van der Waals surface area contributed by atoms with Gasteiger partial charge in [-0.25, -0.2) is 13.4 Å². The first kappa shape index (κ1) is 19.7. The predicted octanol–water partition coefficient (Wildman–Crippen LogP) is 3.91. The van der Waals surface area contributed by atoms with Gasteiger partial charge in [0.25, 0.3) is 5.91 Å². The number of aromatic nitrogens is 1. The molecule has 4 aromatic rings. The van der Waals surface area contributed by atoms with Gasteiger partial charge in [-0.1, -0.05) is 30.3 Å². The molecule has 0 saturated carbocycles. The Bertz CT molecular complexity index is 1420. The fraction of sp³-hybridized carbons (Fsp3) is 0.0909. The van der Waals surface area contributed by atoms with Gasteiger partial charge in [-0.2, -0.15) is 0 Å². The number of nitrogens with one attached hydrogen (secondary N) is 2. The summed E-state index contributed by atoms with van der Waals surface area (Å²) in [6.07, 6.45) is 1.11. The molecule has 0 aliphatic heterocycles. The number of benzene rings is 3. The molecule has 0 bridgehead atoms. The number of sulfonamides is 1. The second-order valence-corrected chi connectivity index (χ2v) is 8.85. The van der Waals surface area contributed by atoms with Crippen molar-refractivity contribution >= 4 is 54.8 Å². The number of para-hydroxylation sites is 2. The van der Waals surface area contributed by atoms with Gasteiger partial charge in [-0.15, -0.1) is 0 Å². The Labute approximate surface area is 174 Å². The smallest absolute Gasteiger partial charge is 0.250 e. The molecule has 0 aliphatic rings. The van der Waals surface area contributed by atoms with Crippen molar-refractivity contribution in [1.82, 2.24) is 4.98 Å². The van der Waals surface area contributed by atoms with Gasteiger partial charge < -0.3 is 11.1 Å². The summed E-state index contributed by atoms with van der Waals surface area (Å²) in [5, 5.41) is 5.10. The third-order valence-corrected chi connectivity index (χ3v) is 5.37. The molecule has 1 heterocycles. The third-order valence-electron chi connectivity index (χ3n) is 4.77. The van der Waals surface area contributed by atoms with E-state index in [-0.39, 0.29) is 0 Å². The van der Waals surface area contributed by atoms with E-state index >= 15 is 0 Å². The SMILES string of the molecule is Cc1cc(NS(C)(=O)=O)ccc1Nc1c2ccccc2nc2c(C(N)=O)cccc12. The van der Waals surface area contributed by atoms with E-state index in [0.29, 0.717) is 16.8 Å². The Morgan fingerprint density at radius 2 is 1.73 bits per heavy atom. The summed E-state index contributed by atoms with van der Waals surface area (Å²) < 4.78 is 25.5. The molecule has 0 spiro atoms. The first-order valence-corrected chi connectivity index (χ1v) is 11.1. The van der Waals surface area contributed by atoms with Crippen LogP contribution in [0.2, 0.25) is 0 Å². The summed E-state index contributed by atoms with van der Waals surface area (Å²) in [6, 6.07) is 18.2. The molecule has 7 nitrogen and oxygen atoms in total. The highest BCUT2D eigenvalue weighted by Crippen LogP contribution is 2.35. The minimum absolute atomic E-state index is 0.353. The first-order valence-electron chi connectivity index (χ1n) is 9.20. The number of pyridine rings is 1. The van der Waals surface area contributed by atoms with Crippen molar-refractivity contribution in [3.8, 4) is 0 Å². The molecule has 0 unspecified atom stereocenters. The number of nitrogens with zero attached hydrogens (tertiary/aromatic N) is 1. The number of carbonyl (C=O) groups excluding carboxylic acids is 1. The number of aryl methyl sites for hydroxylation is 1. The van der Waals surface area contributed by atoms with E-state index < -0.39 is 15.9 Å². The molecule has 0 fully saturated rings. The molecule has 1 amide bonds. The molecule has 4 N–H and O–H groups in total. The lowest BCUT2D eigenvalue weighted by Crippen LogP contribution is -2.12. The van der Waals surface area contributed by atoms with Gasteiger partial charge in [0.15, 0.2) is 0 Å². The Hall–Kier alpha value is -3.65. The largest absolute Gasteiger partial charge is 0.366 e. The number of carbonyl (C=O) groups is 1. The highest BCUT2D eigenvalue weighted by atomic mass is 32.2. The number of amides is 1. The van der Waals surface area contributed by atoms with Crippen LogP contribution in [-0.4, -0.2) is 25.6 Å². The number of hydrogen-bond donors (Lipinski definition) is 3. The van der Waals surface area contributed by atoms with Gasteiger partial charge in [-0.05, 0) is 42.8 Å². The normalized spacial score (nSPS) is 11.5. The highest BCUT2D eigenvalue weighted by Gasteiger charge is 2.15. The Balaban J connectivity index is 1.90. The van der Waals surface area contributed by atoms with Crippen molar-refractivity contribution in [1.29, 1.82) is 0 Å². The molecular formula is C22H20N4O3S. The molecule has 1 aromatic heterocycles. The maximum atomic E-state index is 11.9. The topological polar surface area (TPSA) is 114 Å². The lowest BCUT2D eigenvalue weighted by atomic mass is 10.0. The fourth-order valence-electron chi connectivity index (χ4n) is 3.46. The van der Waals surface area contributed by atoms with E-state index in [1.807, 2.05) is 43.3 Å². The van der Waals surface area contributed by atoms with Gasteiger partial charge in [0.1, 0.15) is 0 Å². The van der Waals surface area contributed by atoms with Gasteiger partial charge in [0, 0.05) is 22.1 Å². The van der Waals surface area contributed by atoms with Crippen LogP contribution in [0.4, 0.5) is 17.1 Å². The van der Waals surface area contributed by atoms with Crippen molar-refractivity contribution in [3.63, 3.8) is 0 Å². The average Bonchev–Trinajstić information content (AvgIpc) is 2.67. The molecule has 8 heteroatoms. The van der Waals surface area contributed by atoms with Gasteiger partial charge in [-0.3, -0.25) is 9.52 Å². The van der Waals surface area contributed by atoms with Crippen LogP contribution >= 0.6 is 0 Å². The van der Waals surface area contributed by atoms with Crippen LogP contribution in [0.3, 0.4) is 0 Å². The zero-order valence-electron chi connectivity index (χ0n) is 16.4. The number of anilines is 3. The van der Waals surface area contributed by atoms with E-state index in [1.165, 1.54) is 0 Å². The van der Waals surface area contributed by atoms with Crippen LogP contribution in [-0.2, 0) is 10.0 Å². The minimum atomic E-state index is -3.36. The standard InChI is InChI=1S/C22H20N4O3S/c1-13-12-14(26-30(2,28)29)10-11-18(13)24-20-15-6-3-4-9-19(15)25-21-16(20)7-5-8-17(21)22(23)27/h3-12,26H,1-2H3,(H2,23,27)(H,24,25). The van der Waals surface area contributed by atoms with Crippen molar-refractivity contribution in [2.24, 2.45) is 5.73 Å². The lowest BCUT2D eigenvalue weighted by Gasteiger charge is -2.16. The summed E-state index contributed by atoms with van der Waals surface area (Å²) >= 11 is 0. The van der Waals surface area contributed by atoms with Gasteiger partial charge >= 0.3 is 0 Å². The zero-order valence-corrected chi connectivity index (χ0v) is 17.2. The van der Waals surface area contributed by atoms with E-state index in [0.717, 1.165) is 39.5 Å². The van der Waals surface area contributed by atoms with Gasteiger partial charge in [0.2, 0.25) is 10.0 Å². The van der Waals surface area contributed by atoms with E-state index in [9.17, 15) is 13.2 Å². The van der Waals surface area contributed by atoms with E-state index in [4.69, 9.17) is 5.73 Å². The van der Waals surface area contributed by atoms with Crippen molar-refractivity contribution in [2.45, 2.75) is 6.92 Å². The molecule has 152 valence electrons. The maximum absolute atomic E-state index is 11.9. The van der Waals surface area contributed by atoms with Crippen LogP contribution < -0.4 is 15.8 Å². The third kappa shape index (κ3) is 3.77. The van der Waals surface area contributed by atoms with Crippen molar-refractivity contribution in [3.05, 3.63) is 71.8 Å². The van der Waals surface area contributed by atoms with Crippen LogP contribution in [0.15, 0.2) is 60.7 Å². The number of fused-ring (bicyclic) bond motifs is 2. The quantitative estimate of drug-likeness (QED) is 0.424. The molecule has 4 rings (SSSR count). The van der Waals surface area contributed by atoms with Crippen molar-refractivity contribution in [2.75, 3.05) is 16.3 Å².